The second kappa shape index (κ2) is 33.9. The molecule has 2 aliphatic rings. The first-order valence-electron chi connectivity index (χ1n) is 22.0. The molecule has 0 amide bonds. The largest absolute Gasteiger partial charge is 0.466 e. The molecule has 0 aromatic carbocycles. The molecule has 10 atom stereocenters. The Morgan fingerprint density at radius 1 is 0.436 bits per heavy atom. The summed E-state index contributed by atoms with van der Waals surface area (Å²) in [5.74, 6) is 0.0237. The van der Waals surface area contributed by atoms with Gasteiger partial charge in [-0.15, -0.1) is 0 Å². The zero-order valence-corrected chi connectivity index (χ0v) is 34.4. The number of aliphatic hydroxyl groups is 8. The first-order valence-corrected chi connectivity index (χ1v) is 22.0. The van der Waals surface area contributed by atoms with Gasteiger partial charge in [0, 0.05) is 6.42 Å². The van der Waals surface area contributed by atoms with E-state index >= 15 is 0 Å². The van der Waals surface area contributed by atoms with Crippen molar-refractivity contribution >= 4 is 5.97 Å². The van der Waals surface area contributed by atoms with Crippen LogP contribution in [-0.4, -0.2) is 128 Å². The Labute approximate surface area is 332 Å². The van der Waals surface area contributed by atoms with E-state index in [-0.39, 0.29) is 5.97 Å². The number of carbonyl (C=O) groups is 1. The predicted octanol–water partition coefficient (Wildman–Crippen LogP) is 5.31. The Morgan fingerprint density at radius 3 is 1.07 bits per heavy atom. The summed E-state index contributed by atoms with van der Waals surface area (Å²) in [5.41, 5.74) is 0. The number of ether oxygens (including phenoxy) is 4. The molecule has 0 radical (unpaired) electrons. The van der Waals surface area contributed by atoms with Gasteiger partial charge in [0.05, 0.1) is 19.8 Å². The minimum atomic E-state index is -1.72. The lowest BCUT2D eigenvalue weighted by atomic mass is 9.98. The number of hydrogen-bond acceptors (Lipinski definition) is 13. The highest BCUT2D eigenvalue weighted by Crippen LogP contribution is 2.28. The topological polar surface area (TPSA) is 216 Å². The van der Waals surface area contributed by atoms with Crippen LogP contribution in [0.25, 0.3) is 0 Å². The summed E-state index contributed by atoms with van der Waals surface area (Å²) < 4.78 is 20.7. The molecule has 0 aromatic heterocycles. The Hall–Kier alpha value is -0.970. The van der Waals surface area contributed by atoms with Gasteiger partial charge in [0.1, 0.15) is 48.8 Å². The van der Waals surface area contributed by atoms with Crippen LogP contribution in [0.5, 0.6) is 0 Å². The van der Waals surface area contributed by atoms with Crippen LogP contribution >= 0.6 is 0 Å². The van der Waals surface area contributed by atoms with E-state index in [4.69, 9.17) is 29.2 Å². The highest BCUT2D eigenvalue weighted by Gasteiger charge is 2.49. The molecule has 2 aliphatic heterocycles. The predicted molar refractivity (Wildman–Crippen MR) is 211 cm³/mol. The Morgan fingerprint density at radius 2 is 0.745 bits per heavy atom. The molecule has 2 saturated heterocycles. The number of carbonyl (C=O) groups excluding carboxylic acids is 1. The van der Waals surface area contributed by atoms with Gasteiger partial charge in [0.15, 0.2) is 12.6 Å². The van der Waals surface area contributed by atoms with Crippen LogP contribution in [0.4, 0.5) is 0 Å². The zero-order valence-electron chi connectivity index (χ0n) is 34.4. The van der Waals surface area contributed by atoms with Crippen molar-refractivity contribution in [3.8, 4) is 0 Å². The normalized spacial score (nSPS) is 28.1. The maximum Gasteiger partial charge on any atom is 0.305 e. The molecule has 13 heteroatoms. The van der Waals surface area contributed by atoms with Crippen molar-refractivity contribution in [3.05, 3.63) is 0 Å². The number of aliphatic hydroxyl groups excluding tert-OH is 8. The summed E-state index contributed by atoms with van der Waals surface area (Å²) in [6.45, 7) is 3.86. The fraction of sp³-hybridized carbons (Fsp3) is 0.976. The average Bonchev–Trinajstić information content (AvgIpc) is 3.18. The average molecular weight is 795 g/mol. The summed E-state index contributed by atoms with van der Waals surface area (Å²) >= 11 is 0. The molecular weight excluding hydrogens is 712 g/mol. The van der Waals surface area contributed by atoms with Crippen molar-refractivity contribution in [2.75, 3.05) is 19.8 Å². The van der Waals surface area contributed by atoms with Crippen molar-refractivity contribution in [1.82, 2.24) is 0 Å². The van der Waals surface area contributed by atoms with Crippen molar-refractivity contribution in [1.29, 1.82) is 0 Å². The van der Waals surface area contributed by atoms with E-state index in [1.165, 1.54) is 148 Å². The SMILES string of the molecule is CCCCCCCCCCCCCCCCOC(=O)CCCCCCCCCCCCC.OC[C@H]1O[C@H](O[C@H]2O[C@H](CO)[C@@H](O)[C@H](O)[C@H]2O)[C@H](O)[C@@H](O)[C@@H]1O. The van der Waals surface area contributed by atoms with Crippen LogP contribution in [0, 0.1) is 0 Å². The summed E-state index contributed by atoms with van der Waals surface area (Å²) in [7, 11) is 0. The van der Waals surface area contributed by atoms with Gasteiger partial charge in [-0.2, -0.15) is 0 Å². The van der Waals surface area contributed by atoms with E-state index in [2.05, 4.69) is 13.8 Å². The Bertz CT molecular complexity index is 844. The molecule has 328 valence electrons. The van der Waals surface area contributed by atoms with E-state index in [9.17, 15) is 35.4 Å². The monoisotopic (exact) mass is 795 g/mol. The Kier molecular flexibility index (Phi) is 32.1. The van der Waals surface area contributed by atoms with Gasteiger partial charge in [-0.25, -0.2) is 0 Å². The molecule has 2 heterocycles. The maximum absolute atomic E-state index is 11.8. The lowest BCUT2D eigenvalue weighted by Crippen LogP contribution is -2.63. The van der Waals surface area contributed by atoms with Crippen molar-refractivity contribution in [3.63, 3.8) is 0 Å². The molecule has 0 bridgehead atoms. The molecule has 0 unspecified atom stereocenters. The van der Waals surface area contributed by atoms with Crippen molar-refractivity contribution < 1.29 is 64.6 Å². The van der Waals surface area contributed by atoms with Gasteiger partial charge < -0.3 is 59.8 Å². The molecule has 2 rings (SSSR count). The minimum absolute atomic E-state index is 0.0237. The standard InChI is InChI=1S/C30H60O2.C12H22O11/c1-3-5-7-9-11-13-15-16-17-19-21-23-25-27-29-32-30(31)28-26-24-22-20-18-14-12-10-8-6-4-2;13-1-3-5(15)7(17)9(19)11(21-3)23-12-10(20)8(18)6(16)4(2-14)22-12/h3-29H2,1-2H3;3-20H,1-2H2/t;3-,4-,5-,6-,7+,8+,9-,10-,11-,12-/m.1/s1. The third-order valence-corrected chi connectivity index (χ3v) is 10.7. The lowest BCUT2D eigenvalue weighted by Gasteiger charge is -2.44. The van der Waals surface area contributed by atoms with Crippen LogP contribution in [0.3, 0.4) is 0 Å². The van der Waals surface area contributed by atoms with Crippen LogP contribution in [0.2, 0.25) is 0 Å². The van der Waals surface area contributed by atoms with E-state index in [0.717, 1.165) is 12.8 Å². The number of unbranched alkanes of at least 4 members (excludes halogenated alkanes) is 23. The summed E-state index contributed by atoms with van der Waals surface area (Å²) in [6.07, 6.45) is 18.6. The fourth-order valence-corrected chi connectivity index (χ4v) is 6.98. The number of rotatable bonds is 31. The summed E-state index contributed by atoms with van der Waals surface area (Å²) in [4.78, 5) is 11.8. The third-order valence-electron chi connectivity index (χ3n) is 10.7. The van der Waals surface area contributed by atoms with Crippen LogP contribution in [0.1, 0.15) is 181 Å². The minimum Gasteiger partial charge on any atom is -0.466 e. The number of hydrogen-bond donors (Lipinski definition) is 8. The van der Waals surface area contributed by atoms with Gasteiger partial charge in [-0.05, 0) is 12.8 Å². The van der Waals surface area contributed by atoms with Crippen molar-refractivity contribution in [2.45, 2.75) is 242 Å². The highest BCUT2D eigenvalue weighted by atomic mass is 16.8. The summed E-state index contributed by atoms with van der Waals surface area (Å²) in [6, 6.07) is 0. The van der Waals surface area contributed by atoms with Crippen LogP contribution < -0.4 is 0 Å². The first kappa shape index (κ1) is 52.0. The zero-order chi connectivity index (χ0) is 40.7. The molecule has 0 saturated carbocycles. The van der Waals surface area contributed by atoms with Crippen molar-refractivity contribution in [2.24, 2.45) is 0 Å². The molecule has 0 aromatic rings. The number of esters is 1. The molecule has 13 nitrogen and oxygen atoms in total. The van der Waals surface area contributed by atoms with Gasteiger partial charge in [0.2, 0.25) is 0 Å². The van der Waals surface area contributed by atoms with E-state index in [1.807, 2.05) is 0 Å². The van der Waals surface area contributed by atoms with E-state index in [1.54, 1.807) is 0 Å². The molecule has 0 spiro atoms. The van der Waals surface area contributed by atoms with Gasteiger partial charge >= 0.3 is 5.97 Å². The van der Waals surface area contributed by atoms with Crippen LogP contribution in [-0.2, 0) is 23.7 Å². The molecule has 8 N–H and O–H groups in total. The Balaban J connectivity index is 0.000000577. The molecule has 55 heavy (non-hydrogen) atoms. The first-order chi connectivity index (χ1) is 26.6. The van der Waals surface area contributed by atoms with Gasteiger partial charge in [0.25, 0.3) is 0 Å². The maximum atomic E-state index is 11.8. The molecule has 2 fully saturated rings. The summed E-state index contributed by atoms with van der Waals surface area (Å²) in [5, 5.41) is 76.4. The van der Waals surface area contributed by atoms with E-state index in [0.29, 0.717) is 13.0 Å². The quantitative estimate of drug-likeness (QED) is 0.0330. The third kappa shape index (κ3) is 23.3. The van der Waals surface area contributed by atoms with Gasteiger partial charge in [-0.1, -0.05) is 162 Å². The van der Waals surface area contributed by atoms with E-state index < -0.39 is 74.6 Å². The van der Waals surface area contributed by atoms with Crippen LogP contribution in [0.15, 0.2) is 0 Å². The highest BCUT2D eigenvalue weighted by molar-refractivity contribution is 5.69. The van der Waals surface area contributed by atoms with Gasteiger partial charge in [-0.3, -0.25) is 4.79 Å². The fourth-order valence-electron chi connectivity index (χ4n) is 6.98. The second-order valence-corrected chi connectivity index (χ2v) is 15.6. The molecule has 0 aliphatic carbocycles. The smallest absolute Gasteiger partial charge is 0.305 e. The molecular formula is C42H82O13. The second-order valence-electron chi connectivity index (χ2n) is 15.6. The lowest BCUT2D eigenvalue weighted by molar-refractivity contribution is -0.376.